The molecule has 0 spiro atoms. The van der Waals surface area contributed by atoms with Gasteiger partial charge in [0.25, 0.3) is 0 Å². The first-order valence-corrected chi connectivity index (χ1v) is 2.93. The van der Waals surface area contributed by atoms with E-state index in [4.69, 9.17) is 5.73 Å². The van der Waals surface area contributed by atoms with Gasteiger partial charge in [0.15, 0.2) is 5.96 Å². The molecular weight excluding hydrogens is 128 g/mol. The highest BCUT2D eigenvalue weighted by atomic mass is 15.1. The summed E-state index contributed by atoms with van der Waals surface area (Å²) < 4.78 is 0. The molecule has 4 heteroatoms. The van der Waals surface area contributed by atoms with Crippen molar-refractivity contribution in [2.75, 3.05) is 7.05 Å². The van der Waals surface area contributed by atoms with Crippen LogP contribution >= 0.6 is 0 Å². The molecule has 0 bridgehead atoms. The highest BCUT2D eigenvalue weighted by molar-refractivity contribution is 5.88. The summed E-state index contributed by atoms with van der Waals surface area (Å²) >= 11 is 0. The Hall–Kier alpha value is -1.32. The van der Waals surface area contributed by atoms with Crippen LogP contribution in [0.1, 0.15) is 6.92 Å². The molecule has 4 nitrogen and oxygen atoms in total. The Labute approximate surface area is 60.6 Å². The second-order valence-corrected chi connectivity index (χ2v) is 1.51. The first-order valence-electron chi connectivity index (χ1n) is 2.93. The Bertz CT molecular complexity index is 157. The van der Waals surface area contributed by atoms with Crippen LogP contribution in [0.15, 0.2) is 22.3 Å². The van der Waals surface area contributed by atoms with E-state index in [9.17, 15) is 0 Å². The van der Waals surface area contributed by atoms with Gasteiger partial charge in [0, 0.05) is 13.2 Å². The maximum Gasteiger partial charge on any atom is 0.193 e. The van der Waals surface area contributed by atoms with Crippen LogP contribution in [0, 0.1) is 0 Å². The monoisotopic (exact) mass is 140 g/mol. The first kappa shape index (κ1) is 8.68. The molecule has 0 aromatic carbocycles. The van der Waals surface area contributed by atoms with E-state index in [-0.39, 0.29) is 0 Å². The lowest BCUT2D eigenvalue weighted by Gasteiger charge is -1.92. The average Bonchev–Trinajstić information content (AvgIpc) is 1.98. The zero-order valence-electron chi connectivity index (χ0n) is 6.20. The SMILES string of the molecule is C/C=C/N=CNC(N)=NC. The molecule has 56 valence electrons. The summed E-state index contributed by atoms with van der Waals surface area (Å²) in [4.78, 5) is 7.45. The third-order valence-electron chi connectivity index (χ3n) is 0.763. The number of nitrogens with zero attached hydrogens (tertiary/aromatic N) is 2. The number of hydrogen-bond donors (Lipinski definition) is 2. The van der Waals surface area contributed by atoms with E-state index in [1.165, 1.54) is 6.34 Å². The minimum absolute atomic E-state index is 0.355. The molecule has 0 saturated heterocycles. The lowest BCUT2D eigenvalue weighted by atomic mass is 10.7. The molecule has 0 aliphatic rings. The van der Waals surface area contributed by atoms with Crippen molar-refractivity contribution in [2.24, 2.45) is 15.7 Å². The quantitative estimate of drug-likeness (QED) is 0.421. The summed E-state index contributed by atoms with van der Waals surface area (Å²) in [5.41, 5.74) is 5.28. The van der Waals surface area contributed by atoms with Crippen molar-refractivity contribution in [3.8, 4) is 0 Å². The predicted molar refractivity (Wildman–Crippen MR) is 44.0 cm³/mol. The number of nitrogens with two attached hydrogens (primary N) is 1. The lowest BCUT2D eigenvalue weighted by Crippen LogP contribution is -2.29. The fraction of sp³-hybridized carbons (Fsp3) is 0.333. The van der Waals surface area contributed by atoms with Gasteiger partial charge in [-0.05, 0) is 6.92 Å². The second-order valence-electron chi connectivity index (χ2n) is 1.51. The van der Waals surface area contributed by atoms with Crippen LogP contribution in [0.4, 0.5) is 0 Å². The van der Waals surface area contributed by atoms with Gasteiger partial charge in [-0.25, -0.2) is 4.99 Å². The van der Waals surface area contributed by atoms with E-state index in [1.54, 1.807) is 13.2 Å². The second kappa shape index (κ2) is 5.81. The molecule has 0 atom stereocenters. The molecule has 0 aliphatic carbocycles. The van der Waals surface area contributed by atoms with Crippen LogP contribution in [0.5, 0.6) is 0 Å². The average molecular weight is 140 g/mol. The molecule has 0 rings (SSSR count). The van der Waals surface area contributed by atoms with Crippen molar-refractivity contribution in [2.45, 2.75) is 6.92 Å². The van der Waals surface area contributed by atoms with Crippen LogP contribution in [0.3, 0.4) is 0 Å². The third-order valence-corrected chi connectivity index (χ3v) is 0.763. The number of rotatable bonds is 2. The van der Waals surface area contributed by atoms with Crippen LogP contribution in [-0.2, 0) is 0 Å². The molecule has 0 aliphatic heterocycles. The van der Waals surface area contributed by atoms with Gasteiger partial charge in [0.1, 0.15) is 0 Å². The summed E-state index contributed by atoms with van der Waals surface area (Å²) in [7, 11) is 1.60. The predicted octanol–water partition coefficient (Wildman–Crippen LogP) is 0.0824. The summed E-state index contributed by atoms with van der Waals surface area (Å²) in [5, 5.41) is 2.65. The molecule has 0 fully saturated rings. The van der Waals surface area contributed by atoms with Gasteiger partial charge in [-0.1, -0.05) is 6.08 Å². The summed E-state index contributed by atoms with van der Waals surface area (Å²) in [6.07, 6.45) is 4.94. The largest absolute Gasteiger partial charge is 0.370 e. The maximum atomic E-state index is 5.28. The zero-order valence-corrected chi connectivity index (χ0v) is 6.20. The summed E-state index contributed by atoms with van der Waals surface area (Å²) in [5.74, 6) is 0.355. The Morgan fingerprint density at radius 1 is 1.60 bits per heavy atom. The van der Waals surface area contributed by atoms with Gasteiger partial charge in [0.05, 0.1) is 6.34 Å². The number of aliphatic imine (C=N–C) groups is 2. The Morgan fingerprint density at radius 2 is 2.30 bits per heavy atom. The van der Waals surface area contributed by atoms with Gasteiger partial charge in [-0.15, -0.1) is 0 Å². The van der Waals surface area contributed by atoms with E-state index < -0.39 is 0 Å². The number of allylic oxidation sites excluding steroid dienone is 1. The fourth-order valence-corrected chi connectivity index (χ4v) is 0.297. The van der Waals surface area contributed by atoms with Crippen molar-refractivity contribution in [1.82, 2.24) is 5.32 Å². The van der Waals surface area contributed by atoms with E-state index in [0.29, 0.717) is 5.96 Å². The molecule has 0 heterocycles. The van der Waals surface area contributed by atoms with Crippen molar-refractivity contribution in [3.63, 3.8) is 0 Å². The van der Waals surface area contributed by atoms with E-state index >= 15 is 0 Å². The number of nitrogens with one attached hydrogen (secondary N) is 1. The Morgan fingerprint density at radius 3 is 2.80 bits per heavy atom. The van der Waals surface area contributed by atoms with Crippen LogP contribution in [0.25, 0.3) is 0 Å². The van der Waals surface area contributed by atoms with E-state index in [1.807, 2.05) is 13.0 Å². The van der Waals surface area contributed by atoms with Gasteiger partial charge >= 0.3 is 0 Å². The fourth-order valence-electron chi connectivity index (χ4n) is 0.297. The van der Waals surface area contributed by atoms with Crippen molar-refractivity contribution in [1.29, 1.82) is 0 Å². The zero-order chi connectivity index (χ0) is 7.82. The molecule has 10 heavy (non-hydrogen) atoms. The summed E-state index contributed by atoms with van der Waals surface area (Å²) in [6, 6.07) is 0. The van der Waals surface area contributed by atoms with Crippen molar-refractivity contribution in [3.05, 3.63) is 12.3 Å². The van der Waals surface area contributed by atoms with Crippen LogP contribution < -0.4 is 11.1 Å². The lowest BCUT2D eigenvalue weighted by molar-refractivity contribution is 1.26. The minimum Gasteiger partial charge on any atom is -0.370 e. The number of guanidine groups is 1. The van der Waals surface area contributed by atoms with Gasteiger partial charge in [-0.2, -0.15) is 0 Å². The van der Waals surface area contributed by atoms with Crippen molar-refractivity contribution < 1.29 is 0 Å². The molecule has 0 amide bonds. The summed E-state index contributed by atoms with van der Waals surface area (Å²) in [6.45, 7) is 1.88. The Kier molecular flexibility index (Phi) is 5.04. The molecular formula is C6H12N4. The highest BCUT2D eigenvalue weighted by Crippen LogP contribution is 1.67. The maximum absolute atomic E-state index is 5.28. The van der Waals surface area contributed by atoms with Gasteiger partial charge < -0.3 is 11.1 Å². The van der Waals surface area contributed by atoms with E-state index in [0.717, 1.165) is 0 Å². The topological polar surface area (TPSA) is 62.8 Å². The van der Waals surface area contributed by atoms with Gasteiger partial charge in [0.2, 0.25) is 0 Å². The smallest absolute Gasteiger partial charge is 0.193 e. The highest BCUT2D eigenvalue weighted by Gasteiger charge is 1.77. The normalized spacial score (nSPS) is 13.2. The van der Waals surface area contributed by atoms with E-state index in [2.05, 4.69) is 15.3 Å². The molecule has 0 radical (unpaired) electrons. The Balaban J connectivity index is 3.53. The molecule has 0 unspecified atom stereocenters. The van der Waals surface area contributed by atoms with Crippen LogP contribution in [-0.4, -0.2) is 19.3 Å². The molecule has 0 aromatic heterocycles. The van der Waals surface area contributed by atoms with Crippen LogP contribution in [0.2, 0.25) is 0 Å². The molecule has 0 saturated carbocycles. The van der Waals surface area contributed by atoms with Gasteiger partial charge in [-0.3, -0.25) is 4.99 Å². The molecule has 3 N–H and O–H groups in total. The standard InChI is InChI=1S/C6H12N4/c1-3-4-9-5-10-6(7)8-2/h3-5H,1-2H3,(H3,7,8,9,10)/b4-3+. The number of hydrogen-bond acceptors (Lipinski definition) is 2. The van der Waals surface area contributed by atoms with Crippen molar-refractivity contribution >= 4 is 12.3 Å². The minimum atomic E-state index is 0.355. The molecule has 0 aromatic rings. The first-order chi connectivity index (χ1) is 4.81. The third kappa shape index (κ3) is 4.83.